The topological polar surface area (TPSA) is 63.6 Å². The SMILES string of the molecule is O=C1NC(=N[C@H]2C[C@@H]2c2ccccc2)SC1=Cc1ccc2nccc(OCC3CCCCC3)c2c1. The van der Waals surface area contributed by atoms with Gasteiger partial charge in [-0.05, 0) is 72.3 Å². The van der Waals surface area contributed by atoms with Gasteiger partial charge in [-0.3, -0.25) is 14.8 Å². The summed E-state index contributed by atoms with van der Waals surface area (Å²) < 4.78 is 6.25. The third-order valence-electron chi connectivity index (χ3n) is 7.14. The molecule has 6 heteroatoms. The number of pyridine rings is 1. The third-order valence-corrected chi connectivity index (χ3v) is 8.07. The zero-order valence-electron chi connectivity index (χ0n) is 19.7. The van der Waals surface area contributed by atoms with Crippen molar-refractivity contribution in [2.75, 3.05) is 6.61 Å². The van der Waals surface area contributed by atoms with Gasteiger partial charge in [0.05, 0.1) is 23.1 Å². The number of rotatable bonds is 6. The Balaban J connectivity index is 1.17. The Morgan fingerprint density at radius 3 is 2.80 bits per heavy atom. The van der Waals surface area contributed by atoms with Crippen LogP contribution in [0.4, 0.5) is 0 Å². The lowest BCUT2D eigenvalue weighted by atomic mass is 9.90. The molecule has 178 valence electrons. The van der Waals surface area contributed by atoms with E-state index in [0.717, 1.165) is 35.2 Å². The van der Waals surface area contributed by atoms with Crippen LogP contribution in [0, 0.1) is 5.92 Å². The summed E-state index contributed by atoms with van der Waals surface area (Å²) in [4.78, 5) is 22.6. The summed E-state index contributed by atoms with van der Waals surface area (Å²) in [5.41, 5.74) is 3.18. The van der Waals surface area contributed by atoms with Crippen LogP contribution in [-0.4, -0.2) is 28.7 Å². The molecule has 1 amide bonds. The number of carbonyl (C=O) groups excluding carboxylic acids is 1. The molecule has 0 bridgehead atoms. The van der Waals surface area contributed by atoms with Crippen molar-refractivity contribution in [1.29, 1.82) is 0 Å². The highest BCUT2D eigenvalue weighted by Gasteiger charge is 2.39. The Kier molecular flexibility index (Phi) is 6.30. The second-order valence-corrected chi connectivity index (χ2v) is 10.8. The van der Waals surface area contributed by atoms with Gasteiger partial charge in [-0.2, -0.15) is 0 Å². The van der Waals surface area contributed by atoms with Crippen molar-refractivity contribution >= 4 is 39.8 Å². The minimum absolute atomic E-state index is 0.0919. The molecule has 1 N–H and O–H groups in total. The van der Waals surface area contributed by atoms with Crippen LogP contribution in [0.25, 0.3) is 17.0 Å². The van der Waals surface area contributed by atoms with Crippen molar-refractivity contribution < 1.29 is 9.53 Å². The number of nitrogens with one attached hydrogen (secondary N) is 1. The van der Waals surface area contributed by atoms with Gasteiger partial charge in [0.15, 0.2) is 5.17 Å². The molecule has 35 heavy (non-hydrogen) atoms. The Labute approximate surface area is 210 Å². The average Bonchev–Trinajstić information content (AvgIpc) is 3.58. The van der Waals surface area contributed by atoms with E-state index in [2.05, 4.69) is 40.6 Å². The van der Waals surface area contributed by atoms with Gasteiger partial charge in [0, 0.05) is 17.5 Å². The van der Waals surface area contributed by atoms with E-state index >= 15 is 0 Å². The third kappa shape index (κ3) is 5.13. The normalized spacial score (nSPS) is 24.7. The van der Waals surface area contributed by atoms with Gasteiger partial charge in [0.2, 0.25) is 0 Å². The second kappa shape index (κ2) is 9.86. The van der Waals surface area contributed by atoms with Crippen LogP contribution in [0.3, 0.4) is 0 Å². The van der Waals surface area contributed by atoms with Crippen LogP contribution in [0.15, 0.2) is 70.7 Å². The van der Waals surface area contributed by atoms with E-state index in [4.69, 9.17) is 9.73 Å². The van der Waals surface area contributed by atoms with Gasteiger partial charge >= 0.3 is 0 Å². The largest absolute Gasteiger partial charge is 0.493 e. The molecule has 2 saturated carbocycles. The molecule has 3 aromatic rings. The molecule has 1 saturated heterocycles. The summed E-state index contributed by atoms with van der Waals surface area (Å²) in [6.45, 7) is 0.758. The summed E-state index contributed by atoms with van der Waals surface area (Å²) in [6.07, 6.45) is 11.2. The van der Waals surface area contributed by atoms with E-state index in [-0.39, 0.29) is 11.9 Å². The van der Waals surface area contributed by atoms with E-state index in [9.17, 15) is 4.79 Å². The monoisotopic (exact) mass is 483 g/mol. The highest BCUT2D eigenvalue weighted by molar-refractivity contribution is 8.18. The van der Waals surface area contributed by atoms with Crippen molar-refractivity contribution in [3.8, 4) is 5.75 Å². The second-order valence-electron chi connectivity index (χ2n) is 9.72. The molecule has 2 heterocycles. The van der Waals surface area contributed by atoms with Crippen LogP contribution in [0.2, 0.25) is 0 Å². The Bertz CT molecular complexity index is 1300. The van der Waals surface area contributed by atoms with Crippen molar-refractivity contribution in [3.63, 3.8) is 0 Å². The first kappa shape index (κ1) is 22.4. The lowest BCUT2D eigenvalue weighted by molar-refractivity contribution is -0.115. The zero-order valence-corrected chi connectivity index (χ0v) is 20.5. The van der Waals surface area contributed by atoms with Gasteiger partial charge in [-0.15, -0.1) is 0 Å². The first-order valence-corrected chi connectivity index (χ1v) is 13.4. The van der Waals surface area contributed by atoms with Crippen LogP contribution in [0.5, 0.6) is 5.75 Å². The van der Waals surface area contributed by atoms with E-state index in [0.29, 0.717) is 21.9 Å². The summed E-state index contributed by atoms with van der Waals surface area (Å²) in [5.74, 6) is 1.87. The molecule has 5 nitrogen and oxygen atoms in total. The van der Waals surface area contributed by atoms with Crippen molar-refractivity contribution in [1.82, 2.24) is 10.3 Å². The van der Waals surface area contributed by atoms with Gasteiger partial charge in [0.1, 0.15) is 5.75 Å². The number of ether oxygens (including phenoxy) is 1. The predicted octanol–water partition coefficient (Wildman–Crippen LogP) is 6.31. The average molecular weight is 484 g/mol. The molecule has 1 aromatic heterocycles. The first-order chi connectivity index (χ1) is 17.2. The number of carbonyl (C=O) groups is 1. The molecule has 0 unspecified atom stereocenters. The van der Waals surface area contributed by atoms with Gasteiger partial charge in [-0.1, -0.05) is 55.7 Å². The lowest BCUT2D eigenvalue weighted by Gasteiger charge is -2.22. The standard InChI is InChI=1S/C29H29N3O2S/c33-28-27(35-29(32-28)31-25-17-22(25)21-9-5-2-6-10-21)16-20-11-12-24-23(15-20)26(13-14-30-24)34-18-19-7-3-1-4-8-19/h2,5-6,9-16,19,22,25H,1,3-4,7-8,17-18H2,(H,31,32,33)/t22-,25+/m1/s1. The number of amidine groups is 1. The van der Waals surface area contributed by atoms with Crippen molar-refractivity contribution in [2.45, 2.75) is 50.5 Å². The fourth-order valence-electron chi connectivity index (χ4n) is 5.09. The van der Waals surface area contributed by atoms with Crippen molar-refractivity contribution in [3.05, 3.63) is 76.8 Å². The maximum Gasteiger partial charge on any atom is 0.264 e. The van der Waals surface area contributed by atoms with E-state index in [1.165, 1.54) is 49.4 Å². The molecule has 0 radical (unpaired) electrons. The van der Waals surface area contributed by atoms with Crippen LogP contribution in [0.1, 0.15) is 55.6 Å². The number of hydrogen-bond donors (Lipinski definition) is 1. The molecular weight excluding hydrogens is 454 g/mol. The van der Waals surface area contributed by atoms with Crippen molar-refractivity contribution in [2.24, 2.45) is 10.9 Å². The number of benzene rings is 2. The smallest absolute Gasteiger partial charge is 0.264 e. The fourth-order valence-corrected chi connectivity index (χ4v) is 5.97. The number of aliphatic imine (C=N–C) groups is 1. The Morgan fingerprint density at radius 1 is 1.09 bits per heavy atom. The van der Waals surface area contributed by atoms with Crippen LogP contribution >= 0.6 is 11.8 Å². The molecule has 6 rings (SSSR count). The maximum absolute atomic E-state index is 12.6. The Morgan fingerprint density at radius 2 is 1.94 bits per heavy atom. The molecule has 1 aliphatic heterocycles. The molecular formula is C29H29N3O2S. The summed E-state index contributed by atoms with van der Waals surface area (Å²) in [6, 6.07) is 18.7. The highest BCUT2D eigenvalue weighted by Crippen LogP contribution is 2.44. The van der Waals surface area contributed by atoms with Gasteiger partial charge in [0.25, 0.3) is 5.91 Å². The number of hydrogen-bond acceptors (Lipinski definition) is 5. The fraction of sp³-hybridized carbons (Fsp3) is 0.345. The lowest BCUT2D eigenvalue weighted by Crippen LogP contribution is -2.20. The van der Waals surface area contributed by atoms with E-state index in [1.54, 1.807) is 6.20 Å². The summed E-state index contributed by atoms with van der Waals surface area (Å²) >= 11 is 1.42. The molecule has 2 aromatic carbocycles. The quantitative estimate of drug-likeness (QED) is 0.417. The molecule has 3 aliphatic rings. The molecule has 3 fully saturated rings. The maximum atomic E-state index is 12.6. The number of amides is 1. The summed E-state index contributed by atoms with van der Waals surface area (Å²) in [5, 5.41) is 4.62. The number of thioether (sulfide) groups is 1. The molecule has 2 atom stereocenters. The number of nitrogens with zero attached hydrogens (tertiary/aromatic N) is 2. The van der Waals surface area contributed by atoms with Gasteiger partial charge < -0.3 is 10.1 Å². The highest BCUT2D eigenvalue weighted by atomic mass is 32.2. The zero-order chi connectivity index (χ0) is 23.6. The summed E-state index contributed by atoms with van der Waals surface area (Å²) in [7, 11) is 0. The molecule has 0 spiro atoms. The molecule has 2 aliphatic carbocycles. The first-order valence-electron chi connectivity index (χ1n) is 12.6. The van der Waals surface area contributed by atoms with Crippen LogP contribution < -0.4 is 10.1 Å². The van der Waals surface area contributed by atoms with Gasteiger partial charge in [-0.25, -0.2) is 0 Å². The van der Waals surface area contributed by atoms with E-state index in [1.807, 2.05) is 30.3 Å². The minimum atomic E-state index is -0.0919. The number of fused-ring (bicyclic) bond motifs is 1. The number of aromatic nitrogens is 1. The van der Waals surface area contributed by atoms with E-state index < -0.39 is 0 Å². The minimum Gasteiger partial charge on any atom is -0.493 e. The Hall–Kier alpha value is -3.12. The predicted molar refractivity (Wildman–Crippen MR) is 143 cm³/mol. The van der Waals surface area contributed by atoms with Crippen LogP contribution in [-0.2, 0) is 4.79 Å².